The summed E-state index contributed by atoms with van der Waals surface area (Å²) in [6, 6.07) is 6.49. The average Bonchev–Trinajstić information content (AvgIpc) is 2.72. The predicted molar refractivity (Wildman–Crippen MR) is 84.9 cm³/mol. The number of aliphatic hydroxyl groups is 1. The molecule has 0 spiro atoms. The van der Waals surface area contributed by atoms with Gasteiger partial charge in [0.05, 0.1) is 6.10 Å². The zero-order chi connectivity index (χ0) is 14.5. The predicted octanol–water partition coefficient (Wildman–Crippen LogP) is 3.68. The molecule has 1 aliphatic rings. The molecule has 1 aromatic carbocycles. The Bertz CT molecular complexity index is 421. The maximum absolute atomic E-state index is 10.8. The van der Waals surface area contributed by atoms with Crippen LogP contribution in [0.15, 0.2) is 18.2 Å². The number of nitrogens with two attached hydrogens (primary N) is 1. The van der Waals surface area contributed by atoms with Gasteiger partial charge in [-0.25, -0.2) is 0 Å². The summed E-state index contributed by atoms with van der Waals surface area (Å²) in [7, 11) is 0. The molecule has 2 atom stereocenters. The molecule has 2 rings (SSSR count). The minimum atomic E-state index is -0.291. The molecule has 20 heavy (non-hydrogen) atoms. The van der Waals surface area contributed by atoms with Crippen LogP contribution in [0.4, 0.5) is 0 Å². The summed E-state index contributed by atoms with van der Waals surface area (Å²) in [5, 5.41) is 10.8. The van der Waals surface area contributed by atoms with Crippen LogP contribution >= 0.6 is 0 Å². The first-order chi connectivity index (χ1) is 9.63. The maximum Gasteiger partial charge on any atom is 0.0648 e. The van der Waals surface area contributed by atoms with Crippen molar-refractivity contribution in [1.82, 2.24) is 0 Å². The molecule has 2 unspecified atom stereocenters. The fraction of sp³-hybridized carbons (Fsp3) is 0.667. The number of hydrogen-bond donors (Lipinski definition) is 2. The highest BCUT2D eigenvalue weighted by Gasteiger charge is 2.28. The summed E-state index contributed by atoms with van der Waals surface area (Å²) in [5.74, 6) is 0.505. The molecule has 1 fully saturated rings. The van der Waals surface area contributed by atoms with Gasteiger partial charge in [0.2, 0.25) is 0 Å². The molecule has 1 aromatic rings. The quantitative estimate of drug-likeness (QED) is 0.823. The molecular weight excluding hydrogens is 246 g/mol. The van der Waals surface area contributed by atoms with Crippen LogP contribution in [0.2, 0.25) is 0 Å². The summed E-state index contributed by atoms with van der Waals surface area (Å²) in [6.07, 6.45) is 7.17. The lowest BCUT2D eigenvalue weighted by atomic mass is 9.81. The second kappa shape index (κ2) is 7.24. The largest absolute Gasteiger partial charge is 0.392 e. The van der Waals surface area contributed by atoms with E-state index in [2.05, 4.69) is 32.0 Å². The zero-order valence-corrected chi connectivity index (χ0v) is 12.9. The third-order valence-electron chi connectivity index (χ3n) is 5.01. The molecule has 1 saturated carbocycles. The van der Waals surface area contributed by atoms with Gasteiger partial charge < -0.3 is 10.8 Å². The molecule has 2 heteroatoms. The van der Waals surface area contributed by atoms with E-state index in [1.54, 1.807) is 0 Å². The standard InChI is InChI=1S/C18H29NO/c1-13-9-10-16(11-14(13)2)17(12-19)18(20)15-7-5-3-4-6-8-15/h9-11,15,17-18,20H,3-8,12,19H2,1-2H3. The molecule has 0 bridgehead atoms. The van der Waals surface area contributed by atoms with Crippen molar-refractivity contribution >= 4 is 0 Å². The Kier molecular flexibility index (Phi) is 5.62. The van der Waals surface area contributed by atoms with Crippen LogP contribution in [0.5, 0.6) is 0 Å². The van der Waals surface area contributed by atoms with E-state index in [0.717, 1.165) is 12.8 Å². The lowest BCUT2D eigenvalue weighted by Gasteiger charge is -2.29. The Balaban J connectivity index is 2.15. The Labute approximate surface area is 123 Å². The first-order valence-corrected chi connectivity index (χ1v) is 8.08. The summed E-state index contributed by atoms with van der Waals surface area (Å²) < 4.78 is 0. The Hall–Kier alpha value is -0.860. The van der Waals surface area contributed by atoms with Gasteiger partial charge in [-0.05, 0) is 49.3 Å². The van der Waals surface area contributed by atoms with Gasteiger partial charge in [-0.1, -0.05) is 43.9 Å². The van der Waals surface area contributed by atoms with Crippen LogP contribution < -0.4 is 5.73 Å². The monoisotopic (exact) mass is 275 g/mol. The number of aryl methyl sites for hydroxylation is 2. The zero-order valence-electron chi connectivity index (χ0n) is 12.9. The molecule has 1 aliphatic carbocycles. The SMILES string of the molecule is Cc1ccc(C(CN)C(O)C2CCCCCC2)cc1C. The van der Waals surface area contributed by atoms with E-state index in [1.165, 1.54) is 42.4 Å². The first kappa shape index (κ1) is 15.5. The molecule has 112 valence electrons. The summed E-state index contributed by atoms with van der Waals surface area (Å²) in [6.45, 7) is 4.78. The van der Waals surface area contributed by atoms with Gasteiger partial charge in [0.25, 0.3) is 0 Å². The Morgan fingerprint density at radius 2 is 1.75 bits per heavy atom. The van der Waals surface area contributed by atoms with Crippen molar-refractivity contribution in [1.29, 1.82) is 0 Å². The second-order valence-electron chi connectivity index (χ2n) is 6.43. The lowest BCUT2D eigenvalue weighted by molar-refractivity contribution is 0.0741. The number of rotatable bonds is 4. The Morgan fingerprint density at radius 3 is 2.30 bits per heavy atom. The van der Waals surface area contributed by atoms with Gasteiger partial charge >= 0.3 is 0 Å². The third-order valence-corrected chi connectivity index (χ3v) is 5.01. The third kappa shape index (κ3) is 3.62. The normalized spacial score (nSPS) is 20.4. The van der Waals surface area contributed by atoms with Gasteiger partial charge in [0, 0.05) is 12.5 Å². The van der Waals surface area contributed by atoms with Crippen LogP contribution in [0, 0.1) is 19.8 Å². The Morgan fingerprint density at radius 1 is 1.10 bits per heavy atom. The van der Waals surface area contributed by atoms with E-state index in [1.807, 2.05) is 0 Å². The van der Waals surface area contributed by atoms with Crippen molar-refractivity contribution in [3.63, 3.8) is 0 Å². The lowest BCUT2D eigenvalue weighted by Crippen LogP contribution is -2.32. The van der Waals surface area contributed by atoms with Crippen molar-refractivity contribution < 1.29 is 5.11 Å². The summed E-state index contributed by atoms with van der Waals surface area (Å²) in [5.41, 5.74) is 9.77. The van der Waals surface area contributed by atoms with E-state index in [0.29, 0.717) is 12.5 Å². The molecule has 0 heterocycles. The molecule has 0 amide bonds. The van der Waals surface area contributed by atoms with Gasteiger partial charge in [0.1, 0.15) is 0 Å². The van der Waals surface area contributed by atoms with Gasteiger partial charge in [0.15, 0.2) is 0 Å². The van der Waals surface area contributed by atoms with Crippen LogP contribution in [0.1, 0.15) is 61.1 Å². The highest BCUT2D eigenvalue weighted by atomic mass is 16.3. The second-order valence-corrected chi connectivity index (χ2v) is 6.43. The summed E-state index contributed by atoms with van der Waals surface area (Å²) >= 11 is 0. The van der Waals surface area contributed by atoms with Gasteiger partial charge in [-0.15, -0.1) is 0 Å². The van der Waals surface area contributed by atoms with Crippen molar-refractivity contribution in [3.8, 4) is 0 Å². The van der Waals surface area contributed by atoms with E-state index in [4.69, 9.17) is 5.73 Å². The number of hydrogen-bond acceptors (Lipinski definition) is 2. The maximum atomic E-state index is 10.8. The fourth-order valence-electron chi connectivity index (χ4n) is 3.45. The van der Waals surface area contributed by atoms with Crippen molar-refractivity contribution in [2.45, 2.75) is 64.4 Å². The smallest absolute Gasteiger partial charge is 0.0648 e. The van der Waals surface area contributed by atoms with E-state index in [9.17, 15) is 5.11 Å². The highest BCUT2D eigenvalue weighted by molar-refractivity contribution is 5.32. The fourth-order valence-corrected chi connectivity index (χ4v) is 3.45. The highest BCUT2D eigenvalue weighted by Crippen LogP contribution is 2.32. The van der Waals surface area contributed by atoms with E-state index in [-0.39, 0.29) is 12.0 Å². The number of benzene rings is 1. The van der Waals surface area contributed by atoms with Crippen LogP contribution in [0.3, 0.4) is 0 Å². The topological polar surface area (TPSA) is 46.2 Å². The van der Waals surface area contributed by atoms with Crippen molar-refractivity contribution in [3.05, 3.63) is 34.9 Å². The summed E-state index contributed by atoms with van der Waals surface area (Å²) in [4.78, 5) is 0. The minimum absolute atomic E-state index is 0.0809. The molecular formula is C18H29NO. The van der Waals surface area contributed by atoms with Crippen molar-refractivity contribution in [2.75, 3.05) is 6.54 Å². The van der Waals surface area contributed by atoms with Crippen LogP contribution in [-0.4, -0.2) is 17.8 Å². The van der Waals surface area contributed by atoms with E-state index < -0.39 is 0 Å². The van der Waals surface area contributed by atoms with Crippen LogP contribution in [0.25, 0.3) is 0 Å². The molecule has 3 N–H and O–H groups in total. The number of aliphatic hydroxyl groups excluding tert-OH is 1. The average molecular weight is 275 g/mol. The molecule has 2 nitrogen and oxygen atoms in total. The first-order valence-electron chi connectivity index (χ1n) is 8.08. The van der Waals surface area contributed by atoms with Gasteiger partial charge in [-0.2, -0.15) is 0 Å². The molecule has 0 radical (unpaired) electrons. The molecule has 0 saturated heterocycles. The van der Waals surface area contributed by atoms with E-state index >= 15 is 0 Å². The minimum Gasteiger partial charge on any atom is -0.392 e. The molecule has 0 aliphatic heterocycles. The van der Waals surface area contributed by atoms with Crippen LogP contribution in [-0.2, 0) is 0 Å². The molecule has 0 aromatic heterocycles. The van der Waals surface area contributed by atoms with Gasteiger partial charge in [-0.3, -0.25) is 0 Å². The van der Waals surface area contributed by atoms with Crippen molar-refractivity contribution in [2.24, 2.45) is 11.7 Å².